The van der Waals surface area contributed by atoms with Gasteiger partial charge >= 0.3 is 6.09 Å². The number of halogens is 3. The van der Waals surface area contributed by atoms with E-state index in [1.165, 1.54) is 19.9 Å². The molecule has 0 bridgehead atoms. The Labute approximate surface area is 210 Å². The summed E-state index contributed by atoms with van der Waals surface area (Å²) in [6, 6.07) is 5.67. The van der Waals surface area contributed by atoms with Crippen molar-refractivity contribution in [3.63, 3.8) is 0 Å². The highest BCUT2D eigenvalue weighted by atomic mass is 19.1. The summed E-state index contributed by atoms with van der Waals surface area (Å²) in [5.41, 5.74) is 4.03. The zero-order chi connectivity index (χ0) is 27.0. The lowest BCUT2D eigenvalue weighted by atomic mass is 9.83. The normalized spacial score (nSPS) is 19.5. The lowest BCUT2D eigenvalue weighted by molar-refractivity contribution is 0.0234. The van der Waals surface area contributed by atoms with Gasteiger partial charge in [-0.1, -0.05) is 26.8 Å². The molecule has 3 rings (SSSR count). The molecule has 1 aliphatic heterocycles. The monoisotopic (exact) mass is 508 g/mol. The number of ether oxygens (including phenoxy) is 2. The van der Waals surface area contributed by atoms with Crippen LogP contribution in [0.3, 0.4) is 0 Å². The van der Waals surface area contributed by atoms with Crippen LogP contribution in [0.4, 0.5) is 18.0 Å². The molecule has 6 nitrogen and oxygen atoms in total. The van der Waals surface area contributed by atoms with E-state index in [-0.39, 0.29) is 36.3 Å². The first-order valence-corrected chi connectivity index (χ1v) is 11.9. The second-order valence-corrected chi connectivity index (χ2v) is 11.1. The maximum Gasteiger partial charge on any atom is 0.404 e. The van der Waals surface area contributed by atoms with Crippen molar-refractivity contribution < 1.29 is 32.5 Å². The van der Waals surface area contributed by atoms with Crippen molar-refractivity contribution in [1.29, 1.82) is 0 Å². The lowest BCUT2D eigenvalue weighted by Crippen LogP contribution is -2.48. The maximum absolute atomic E-state index is 15.7. The van der Waals surface area contributed by atoms with Crippen LogP contribution in [0.5, 0.6) is 11.5 Å². The molecule has 1 amide bonds. The average molecular weight is 509 g/mol. The third kappa shape index (κ3) is 6.43. The fourth-order valence-electron chi connectivity index (χ4n) is 4.58. The van der Waals surface area contributed by atoms with Crippen molar-refractivity contribution in [2.75, 3.05) is 13.2 Å². The number of primary amides is 1. The summed E-state index contributed by atoms with van der Waals surface area (Å²) in [5, 5.41) is 9.98. The van der Waals surface area contributed by atoms with Crippen LogP contribution in [-0.4, -0.2) is 47.1 Å². The summed E-state index contributed by atoms with van der Waals surface area (Å²) in [4.78, 5) is 12.8. The van der Waals surface area contributed by atoms with Crippen molar-refractivity contribution in [3.05, 3.63) is 58.7 Å². The average Bonchev–Trinajstić information content (AvgIpc) is 2.70. The van der Waals surface area contributed by atoms with Crippen LogP contribution in [0.2, 0.25) is 0 Å². The number of carbonyl (C=O) groups excluding carboxylic acids is 1. The van der Waals surface area contributed by atoms with Gasteiger partial charge in [-0.3, -0.25) is 4.90 Å². The summed E-state index contributed by atoms with van der Waals surface area (Å²) in [7, 11) is 0. The van der Waals surface area contributed by atoms with E-state index in [9.17, 15) is 14.3 Å². The number of aromatic hydroxyl groups is 1. The van der Waals surface area contributed by atoms with Gasteiger partial charge in [0.05, 0.1) is 6.04 Å². The Kier molecular flexibility index (Phi) is 7.83. The van der Waals surface area contributed by atoms with Crippen LogP contribution >= 0.6 is 0 Å². The molecule has 198 valence electrons. The van der Waals surface area contributed by atoms with Crippen LogP contribution in [0, 0.1) is 17.0 Å². The van der Waals surface area contributed by atoms with Crippen LogP contribution in [0.25, 0.3) is 0 Å². The molecule has 0 aliphatic carbocycles. The number of amides is 1. The van der Waals surface area contributed by atoms with Gasteiger partial charge in [-0.2, -0.15) is 0 Å². The number of carbonyl (C=O) groups is 1. The molecule has 0 spiro atoms. The molecule has 0 saturated carbocycles. The molecule has 0 fully saturated rings. The van der Waals surface area contributed by atoms with Gasteiger partial charge in [0.1, 0.15) is 41.5 Å². The third-order valence-corrected chi connectivity index (χ3v) is 6.34. The zero-order valence-corrected chi connectivity index (χ0v) is 21.6. The molecule has 1 aliphatic rings. The summed E-state index contributed by atoms with van der Waals surface area (Å²) in [5.74, 6) is -1.73. The van der Waals surface area contributed by atoms with Crippen molar-refractivity contribution >= 4 is 6.09 Å². The van der Waals surface area contributed by atoms with Crippen LogP contribution in [0.15, 0.2) is 30.3 Å². The third-order valence-electron chi connectivity index (χ3n) is 6.34. The first kappa shape index (κ1) is 27.6. The smallest absolute Gasteiger partial charge is 0.404 e. The quantitative estimate of drug-likeness (QED) is 0.505. The predicted molar refractivity (Wildman–Crippen MR) is 131 cm³/mol. The van der Waals surface area contributed by atoms with Gasteiger partial charge in [0.2, 0.25) is 0 Å². The molecule has 0 radical (unpaired) electrons. The van der Waals surface area contributed by atoms with E-state index in [0.29, 0.717) is 12.0 Å². The fourth-order valence-corrected chi connectivity index (χ4v) is 4.58. The first-order chi connectivity index (χ1) is 16.6. The second-order valence-electron chi connectivity index (χ2n) is 11.1. The largest absolute Gasteiger partial charge is 0.508 e. The Morgan fingerprint density at radius 3 is 2.31 bits per heavy atom. The van der Waals surface area contributed by atoms with Crippen molar-refractivity contribution in [1.82, 2.24) is 4.90 Å². The fraction of sp³-hybridized carbons (Fsp3) is 0.519. The molecule has 1 unspecified atom stereocenters. The molecule has 1 heterocycles. The number of fused-ring (bicyclic) bond motifs is 1. The number of benzene rings is 2. The number of alkyl halides is 1. The number of hydrogen-bond donors (Lipinski definition) is 2. The number of nitrogens with two attached hydrogens (primary N) is 1. The van der Waals surface area contributed by atoms with Crippen molar-refractivity contribution in [2.45, 2.75) is 71.8 Å². The van der Waals surface area contributed by atoms with Crippen molar-refractivity contribution in [2.24, 2.45) is 11.1 Å². The molecule has 0 saturated heterocycles. The summed E-state index contributed by atoms with van der Waals surface area (Å²) >= 11 is 0. The molecule has 3 atom stereocenters. The second kappa shape index (κ2) is 10.2. The highest BCUT2D eigenvalue weighted by Gasteiger charge is 2.39. The van der Waals surface area contributed by atoms with Crippen LogP contribution < -0.4 is 10.5 Å². The highest BCUT2D eigenvalue weighted by molar-refractivity contribution is 5.64. The number of phenolic OH excluding ortho intramolecular Hbond substituents is 1. The molecular weight excluding hydrogens is 473 g/mol. The SMILES string of the molecule is C[C@@H]1Cc2cc(O)ccc2[C@@H](c2c(F)cc(OC(COC(N)=O)C(C)(C)C)cc2F)N1CC(C)(C)F. The van der Waals surface area contributed by atoms with E-state index in [4.69, 9.17) is 15.2 Å². The summed E-state index contributed by atoms with van der Waals surface area (Å²) < 4.78 is 56.8. The van der Waals surface area contributed by atoms with Gasteiger partial charge in [-0.25, -0.2) is 18.0 Å². The maximum atomic E-state index is 15.7. The topological polar surface area (TPSA) is 85.0 Å². The van der Waals surface area contributed by atoms with Crippen molar-refractivity contribution in [3.8, 4) is 11.5 Å². The van der Waals surface area contributed by atoms with Crippen LogP contribution in [-0.2, 0) is 11.2 Å². The van der Waals surface area contributed by atoms with Gasteiger partial charge in [-0.15, -0.1) is 0 Å². The number of phenols is 1. The first-order valence-electron chi connectivity index (χ1n) is 11.9. The Morgan fingerprint density at radius 1 is 1.17 bits per heavy atom. The molecule has 9 heteroatoms. The molecule has 2 aromatic rings. The van der Waals surface area contributed by atoms with Gasteiger partial charge in [-0.05, 0) is 50.5 Å². The minimum absolute atomic E-state index is 0.0488. The molecule has 2 aromatic carbocycles. The predicted octanol–water partition coefficient (Wildman–Crippen LogP) is 5.64. The minimum Gasteiger partial charge on any atom is -0.508 e. The van der Waals surface area contributed by atoms with Gasteiger partial charge in [0.15, 0.2) is 0 Å². The van der Waals surface area contributed by atoms with Gasteiger partial charge in [0.25, 0.3) is 0 Å². The van der Waals surface area contributed by atoms with E-state index < -0.39 is 41.0 Å². The van der Waals surface area contributed by atoms with E-state index in [1.807, 2.05) is 27.7 Å². The Balaban J connectivity index is 2.06. The molecule has 36 heavy (non-hydrogen) atoms. The summed E-state index contributed by atoms with van der Waals surface area (Å²) in [6.07, 6.45) is -1.21. The standard InChI is InChI=1S/C27H35F3N2O4/c1-15-9-16-10-17(33)7-8-19(16)24(32(15)14-27(5,6)30)23-20(28)11-18(12-21(23)29)36-22(26(2,3)4)13-35-25(31)34/h7-8,10-12,15,22,24,33H,9,13-14H2,1-6H3,(H2,31,34)/t15-,22?,24+/m1/s1. The Bertz CT molecular complexity index is 1090. The molecular formula is C27H35F3N2O4. The van der Waals surface area contributed by atoms with Gasteiger partial charge < -0.3 is 20.3 Å². The number of hydrogen-bond acceptors (Lipinski definition) is 5. The zero-order valence-electron chi connectivity index (χ0n) is 21.6. The molecule has 0 aromatic heterocycles. The minimum atomic E-state index is -1.61. The summed E-state index contributed by atoms with van der Waals surface area (Å²) in [6.45, 7) is 9.96. The Morgan fingerprint density at radius 2 is 1.78 bits per heavy atom. The number of rotatable bonds is 7. The van der Waals surface area contributed by atoms with E-state index in [0.717, 1.165) is 17.7 Å². The van der Waals surface area contributed by atoms with E-state index in [1.54, 1.807) is 17.0 Å². The van der Waals surface area contributed by atoms with Gasteiger partial charge in [0, 0.05) is 35.7 Å². The Hall–Kier alpha value is -2.94. The number of nitrogens with zero attached hydrogens (tertiary/aromatic N) is 1. The lowest BCUT2D eigenvalue weighted by Gasteiger charge is -2.44. The highest BCUT2D eigenvalue weighted by Crippen LogP contribution is 2.43. The van der Waals surface area contributed by atoms with E-state index >= 15 is 8.78 Å². The molecule has 3 N–H and O–H groups in total. The van der Waals surface area contributed by atoms with E-state index in [2.05, 4.69) is 0 Å². The van der Waals surface area contributed by atoms with Crippen LogP contribution in [0.1, 0.15) is 64.3 Å².